The molecule has 0 atom stereocenters. The fourth-order valence-electron chi connectivity index (χ4n) is 7.58. The smallest absolute Gasteiger partial charge is 0.0547 e. The molecule has 0 aliphatic heterocycles. The number of aromatic nitrogens is 1. The first-order valence-electron chi connectivity index (χ1n) is 17.1. The first-order valence-corrected chi connectivity index (χ1v) is 17.9. The second-order valence-corrected chi connectivity index (χ2v) is 14.0. The maximum atomic E-state index is 2.43. The van der Waals surface area contributed by atoms with Crippen LogP contribution in [0.4, 0.5) is 0 Å². The number of hydrogen-bond acceptors (Lipinski definition) is 1. The van der Waals surface area contributed by atoms with Crippen LogP contribution in [0, 0.1) is 0 Å². The third kappa shape index (κ3) is 4.76. The van der Waals surface area contributed by atoms with Crippen LogP contribution < -0.4 is 0 Å². The van der Waals surface area contributed by atoms with Crippen molar-refractivity contribution in [1.82, 2.24) is 4.57 Å². The summed E-state index contributed by atoms with van der Waals surface area (Å²) >= 11 is 1.87. The molecule has 10 rings (SSSR count). The minimum Gasteiger partial charge on any atom is -0.309 e. The first-order chi connectivity index (χ1) is 24.8. The highest BCUT2D eigenvalue weighted by atomic mass is 32.1. The Hall–Kier alpha value is -6.22. The highest BCUT2D eigenvalue weighted by Gasteiger charge is 2.16. The summed E-state index contributed by atoms with van der Waals surface area (Å²) in [5.41, 5.74) is 13.4. The third-order valence-corrected chi connectivity index (χ3v) is 11.2. The fraction of sp³-hybridized carbons (Fsp3) is 0. The van der Waals surface area contributed by atoms with Gasteiger partial charge >= 0.3 is 0 Å². The van der Waals surface area contributed by atoms with Crippen LogP contribution >= 0.6 is 11.3 Å². The molecule has 2 heteroatoms. The molecule has 1 nitrogen and oxygen atoms in total. The Morgan fingerprint density at radius 2 is 0.800 bits per heavy atom. The molecule has 0 amide bonds. The molecular formula is C48H31NS. The van der Waals surface area contributed by atoms with Crippen molar-refractivity contribution in [2.45, 2.75) is 0 Å². The predicted octanol–water partition coefficient (Wildman–Crippen LogP) is 13.8. The summed E-state index contributed by atoms with van der Waals surface area (Å²) in [5, 5.41) is 5.20. The van der Waals surface area contributed by atoms with E-state index in [2.05, 4.69) is 193 Å². The highest BCUT2D eigenvalue weighted by Crippen LogP contribution is 2.41. The Morgan fingerprint density at radius 1 is 0.320 bits per heavy atom. The topological polar surface area (TPSA) is 4.93 Å². The van der Waals surface area contributed by atoms with Crippen LogP contribution in [-0.4, -0.2) is 4.57 Å². The van der Waals surface area contributed by atoms with Gasteiger partial charge in [-0.3, -0.25) is 0 Å². The summed E-state index contributed by atoms with van der Waals surface area (Å²) in [6, 6.07) is 68.6. The number of thiophene rings is 1. The van der Waals surface area contributed by atoms with E-state index in [4.69, 9.17) is 0 Å². The van der Waals surface area contributed by atoms with Gasteiger partial charge in [0.2, 0.25) is 0 Å². The predicted molar refractivity (Wildman–Crippen MR) is 215 cm³/mol. The lowest BCUT2D eigenvalue weighted by Gasteiger charge is -2.12. The first kappa shape index (κ1) is 28.8. The van der Waals surface area contributed by atoms with Crippen LogP contribution in [0.5, 0.6) is 0 Å². The van der Waals surface area contributed by atoms with E-state index in [1.807, 2.05) is 11.3 Å². The van der Waals surface area contributed by atoms with Crippen molar-refractivity contribution >= 4 is 53.3 Å². The monoisotopic (exact) mass is 653 g/mol. The lowest BCUT2D eigenvalue weighted by atomic mass is 9.97. The Kier molecular flexibility index (Phi) is 6.75. The van der Waals surface area contributed by atoms with Gasteiger partial charge in [0.25, 0.3) is 0 Å². The van der Waals surface area contributed by atoms with Crippen LogP contribution in [0.1, 0.15) is 0 Å². The van der Waals surface area contributed by atoms with E-state index in [1.165, 1.54) is 86.5 Å². The molecule has 0 aliphatic rings. The van der Waals surface area contributed by atoms with Crippen LogP contribution in [0.25, 0.3) is 92.2 Å². The fourth-order valence-corrected chi connectivity index (χ4v) is 8.71. The van der Waals surface area contributed by atoms with Crippen molar-refractivity contribution in [3.05, 3.63) is 188 Å². The van der Waals surface area contributed by atoms with Gasteiger partial charge in [0.05, 0.1) is 11.0 Å². The number of rotatable bonds is 5. The number of nitrogens with zero attached hydrogens (tertiary/aromatic N) is 1. The molecule has 0 radical (unpaired) electrons. The van der Waals surface area contributed by atoms with Crippen LogP contribution in [-0.2, 0) is 0 Å². The molecule has 0 N–H and O–H groups in total. The van der Waals surface area contributed by atoms with Crippen molar-refractivity contribution < 1.29 is 0 Å². The lowest BCUT2D eigenvalue weighted by molar-refractivity contribution is 1.18. The average Bonchev–Trinajstić information content (AvgIpc) is 3.74. The maximum Gasteiger partial charge on any atom is 0.0547 e. The Bertz CT molecular complexity index is 2730. The number of benzene rings is 8. The van der Waals surface area contributed by atoms with Gasteiger partial charge in [0.1, 0.15) is 0 Å². The molecule has 0 unspecified atom stereocenters. The Labute approximate surface area is 295 Å². The molecule has 0 saturated heterocycles. The van der Waals surface area contributed by atoms with Gasteiger partial charge in [0.15, 0.2) is 0 Å². The second kappa shape index (κ2) is 11.7. The molecule has 234 valence electrons. The van der Waals surface area contributed by atoms with E-state index in [-0.39, 0.29) is 0 Å². The minimum absolute atomic E-state index is 1.15. The molecule has 8 aromatic carbocycles. The quantitative estimate of drug-likeness (QED) is 0.174. The molecule has 0 fully saturated rings. The average molecular weight is 654 g/mol. The van der Waals surface area contributed by atoms with E-state index in [0.717, 1.165) is 5.69 Å². The van der Waals surface area contributed by atoms with Crippen molar-refractivity contribution in [2.24, 2.45) is 0 Å². The SMILES string of the molecule is c1ccc(-c2ccc3c4ccc(-c5ccccc5)cc4n(-c4ccc(-c5ccc(-c6cccc7sc8ccccc8c67)cc5)cc4)c3c2)cc1. The summed E-state index contributed by atoms with van der Waals surface area (Å²) in [6.07, 6.45) is 0. The normalized spacial score (nSPS) is 11.6. The van der Waals surface area contributed by atoms with Gasteiger partial charge in [0, 0.05) is 36.6 Å². The molecule has 50 heavy (non-hydrogen) atoms. The van der Waals surface area contributed by atoms with E-state index >= 15 is 0 Å². The molecule has 0 aliphatic carbocycles. The number of hydrogen-bond donors (Lipinski definition) is 0. The van der Waals surface area contributed by atoms with Gasteiger partial charge in [-0.05, 0) is 80.9 Å². The van der Waals surface area contributed by atoms with Crippen LogP contribution in [0.2, 0.25) is 0 Å². The molecule has 0 saturated carbocycles. The molecule has 0 bridgehead atoms. The lowest BCUT2D eigenvalue weighted by Crippen LogP contribution is -1.94. The van der Waals surface area contributed by atoms with Crippen LogP contribution in [0.3, 0.4) is 0 Å². The van der Waals surface area contributed by atoms with Gasteiger partial charge in [-0.1, -0.05) is 152 Å². The van der Waals surface area contributed by atoms with Gasteiger partial charge in [-0.25, -0.2) is 0 Å². The largest absolute Gasteiger partial charge is 0.309 e. The van der Waals surface area contributed by atoms with Crippen molar-refractivity contribution in [1.29, 1.82) is 0 Å². The van der Waals surface area contributed by atoms with E-state index < -0.39 is 0 Å². The Balaban J connectivity index is 1.07. The zero-order valence-electron chi connectivity index (χ0n) is 27.3. The zero-order valence-corrected chi connectivity index (χ0v) is 28.1. The highest BCUT2D eigenvalue weighted by molar-refractivity contribution is 7.25. The minimum atomic E-state index is 1.15. The summed E-state index contributed by atoms with van der Waals surface area (Å²) in [4.78, 5) is 0. The third-order valence-electron chi connectivity index (χ3n) is 10.0. The van der Waals surface area contributed by atoms with Gasteiger partial charge in [-0.15, -0.1) is 11.3 Å². The van der Waals surface area contributed by atoms with Crippen LogP contribution in [0.15, 0.2) is 188 Å². The molecule has 2 aromatic heterocycles. The summed E-state index contributed by atoms with van der Waals surface area (Å²) in [5.74, 6) is 0. The Morgan fingerprint density at radius 3 is 1.42 bits per heavy atom. The van der Waals surface area contributed by atoms with Crippen molar-refractivity contribution in [3.8, 4) is 50.2 Å². The summed E-state index contributed by atoms with van der Waals surface area (Å²) in [7, 11) is 0. The molecule has 10 aromatic rings. The van der Waals surface area contributed by atoms with Crippen molar-refractivity contribution in [3.63, 3.8) is 0 Å². The molecule has 2 heterocycles. The molecule has 0 spiro atoms. The maximum absolute atomic E-state index is 2.43. The number of fused-ring (bicyclic) bond motifs is 6. The van der Waals surface area contributed by atoms with Crippen molar-refractivity contribution in [2.75, 3.05) is 0 Å². The molecular weight excluding hydrogens is 623 g/mol. The van der Waals surface area contributed by atoms with Gasteiger partial charge < -0.3 is 4.57 Å². The summed E-state index contributed by atoms with van der Waals surface area (Å²) in [6.45, 7) is 0. The standard InChI is InChI=1S/C48H31NS/c1-3-10-32(11-4-1)37-24-28-41-42-29-25-38(33-12-5-2-6-13-33)31-45(42)49(44(41)30-37)39-26-22-35(23-27-39)34-18-20-36(21-19-34)40-15-9-17-47-48(40)43-14-7-8-16-46(43)50-47/h1-31H. The van der Waals surface area contributed by atoms with Gasteiger partial charge in [-0.2, -0.15) is 0 Å². The second-order valence-electron chi connectivity index (χ2n) is 12.9. The van der Waals surface area contributed by atoms with E-state index in [9.17, 15) is 0 Å². The van der Waals surface area contributed by atoms with E-state index in [1.54, 1.807) is 0 Å². The zero-order chi connectivity index (χ0) is 33.0. The summed E-state index contributed by atoms with van der Waals surface area (Å²) < 4.78 is 5.10. The van der Waals surface area contributed by atoms with E-state index in [0.29, 0.717) is 0 Å².